The zero-order chi connectivity index (χ0) is 15.1. The Morgan fingerprint density at radius 2 is 1.90 bits per heavy atom. The van der Waals surface area contributed by atoms with E-state index in [-0.39, 0.29) is 11.7 Å². The van der Waals surface area contributed by atoms with E-state index in [1.54, 1.807) is 4.90 Å². The maximum atomic E-state index is 12.7. The van der Waals surface area contributed by atoms with Crippen LogP contribution in [0.25, 0.3) is 0 Å². The van der Waals surface area contributed by atoms with Crippen molar-refractivity contribution >= 4 is 23.3 Å². The third kappa shape index (κ3) is 3.22. The molecule has 2 heterocycles. The number of pyridine rings is 1. The van der Waals surface area contributed by atoms with Crippen molar-refractivity contribution in [1.29, 1.82) is 0 Å². The Hall–Kier alpha value is -1.33. The highest BCUT2D eigenvalue weighted by Crippen LogP contribution is 2.30. The quantitative estimate of drug-likeness (QED) is 0.864. The summed E-state index contributed by atoms with van der Waals surface area (Å²) in [5, 5.41) is 0.311. The number of amides is 1. The average molecular weight is 298 g/mol. The molecule has 0 aliphatic carbocycles. The van der Waals surface area contributed by atoms with Crippen LogP contribution in [-0.4, -0.2) is 40.1 Å². The first-order valence-electron chi connectivity index (χ1n) is 6.50. The Bertz CT molecular complexity index is 527. The molecule has 1 amide bonds. The number of hydrogen-bond acceptors (Lipinski definition) is 4. The molecule has 1 saturated heterocycles. The minimum absolute atomic E-state index is 0.145. The van der Waals surface area contributed by atoms with Gasteiger partial charge in [-0.25, -0.2) is 4.98 Å². The number of morpholine rings is 1. The molecule has 1 aromatic rings. The summed E-state index contributed by atoms with van der Waals surface area (Å²) in [5.74, 6) is 0.137. The molecule has 0 spiro atoms. The van der Waals surface area contributed by atoms with Gasteiger partial charge in [-0.1, -0.05) is 11.6 Å². The van der Waals surface area contributed by atoms with Crippen LogP contribution in [0.15, 0.2) is 12.3 Å². The fourth-order valence-corrected chi connectivity index (χ4v) is 2.90. The first-order chi connectivity index (χ1) is 9.10. The van der Waals surface area contributed by atoms with Crippen molar-refractivity contribution in [3.63, 3.8) is 0 Å². The van der Waals surface area contributed by atoms with Crippen molar-refractivity contribution in [2.45, 2.75) is 38.9 Å². The van der Waals surface area contributed by atoms with Gasteiger partial charge in [0.1, 0.15) is 5.82 Å². The number of hydrogen-bond donors (Lipinski definition) is 1. The molecule has 5 nitrogen and oxygen atoms in total. The number of carbonyl (C=O) groups is 1. The molecule has 0 saturated carbocycles. The summed E-state index contributed by atoms with van der Waals surface area (Å²) in [7, 11) is 0. The summed E-state index contributed by atoms with van der Waals surface area (Å²) in [4.78, 5) is 18.3. The van der Waals surface area contributed by atoms with Crippen molar-refractivity contribution in [2.24, 2.45) is 0 Å². The Kier molecular flexibility index (Phi) is 3.69. The predicted octanol–water partition coefficient (Wildman–Crippen LogP) is 2.35. The third-order valence-corrected chi connectivity index (χ3v) is 3.39. The van der Waals surface area contributed by atoms with E-state index in [1.165, 1.54) is 12.3 Å². The van der Waals surface area contributed by atoms with Gasteiger partial charge in [-0.3, -0.25) is 4.79 Å². The molecule has 0 radical (unpaired) electrons. The molecule has 0 aromatic carbocycles. The molecule has 1 aliphatic rings. The second kappa shape index (κ2) is 4.90. The predicted molar refractivity (Wildman–Crippen MR) is 78.8 cm³/mol. The summed E-state index contributed by atoms with van der Waals surface area (Å²) in [6.07, 6.45) is 1.40. The molecular formula is C14H20ClN3O2. The van der Waals surface area contributed by atoms with Gasteiger partial charge in [0.15, 0.2) is 0 Å². The fourth-order valence-electron chi connectivity index (χ4n) is 2.72. The summed E-state index contributed by atoms with van der Waals surface area (Å²) >= 11 is 6.06. The number of anilines is 1. The summed E-state index contributed by atoms with van der Waals surface area (Å²) in [6.45, 7) is 8.89. The number of nitrogens with zero attached hydrogens (tertiary/aromatic N) is 2. The average Bonchev–Trinajstić information content (AvgIpc) is 2.27. The van der Waals surface area contributed by atoms with Gasteiger partial charge in [0.2, 0.25) is 0 Å². The highest BCUT2D eigenvalue weighted by atomic mass is 35.5. The van der Waals surface area contributed by atoms with Gasteiger partial charge in [0.25, 0.3) is 5.91 Å². The number of rotatable bonds is 1. The Morgan fingerprint density at radius 3 is 2.45 bits per heavy atom. The number of nitrogen functional groups attached to an aromatic ring is 1. The number of halogens is 1. The van der Waals surface area contributed by atoms with Crippen LogP contribution in [0.3, 0.4) is 0 Å². The van der Waals surface area contributed by atoms with Crippen LogP contribution in [0.5, 0.6) is 0 Å². The molecule has 0 atom stereocenters. The largest absolute Gasteiger partial charge is 0.384 e. The standard InChI is InChI=1S/C14H20ClN3O2/c1-13(2)7-18(8-14(3,4)20-13)12(19)9-5-11(16)17-6-10(9)15/h5-6H,7-8H2,1-4H3,(H2,16,17). The number of nitrogens with two attached hydrogens (primary N) is 1. The van der Waals surface area contributed by atoms with Crippen LogP contribution in [0.4, 0.5) is 5.82 Å². The van der Waals surface area contributed by atoms with Crippen LogP contribution in [0, 0.1) is 0 Å². The normalized spacial score (nSPS) is 20.8. The Balaban J connectivity index is 2.31. The van der Waals surface area contributed by atoms with Crippen LogP contribution in [-0.2, 0) is 4.74 Å². The van der Waals surface area contributed by atoms with E-state index in [0.717, 1.165) is 0 Å². The molecule has 20 heavy (non-hydrogen) atoms. The van der Waals surface area contributed by atoms with Crippen molar-refractivity contribution in [3.05, 3.63) is 22.8 Å². The summed E-state index contributed by atoms with van der Waals surface area (Å²) < 4.78 is 5.97. The first-order valence-corrected chi connectivity index (χ1v) is 6.88. The van der Waals surface area contributed by atoms with Crippen LogP contribution >= 0.6 is 11.6 Å². The van der Waals surface area contributed by atoms with E-state index in [4.69, 9.17) is 22.1 Å². The van der Waals surface area contributed by atoms with Crippen molar-refractivity contribution in [2.75, 3.05) is 18.8 Å². The molecule has 1 fully saturated rings. The molecule has 2 N–H and O–H groups in total. The second-order valence-corrected chi connectivity index (χ2v) is 6.78. The van der Waals surface area contributed by atoms with Gasteiger partial charge in [-0.15, -0.1) is 0 Å². The zero-order valence-electron chi connectivity index (χ0n) is 12.2. The maximum Gasteiger partial charge on any atom is 0.255 e. The van der Waals surface area contributed by atoms with Gasteiger partial charge in [-0.2, -0.15) is 0 Å². The number of aromatic nitrogens is 1. The highest BCUT2D eigenvalue weighted by Gasteiger charge is 2.40. The van der Waals surface area contributed by atoms with Crippen molar-refractivity contribution < 1.29 is 9.53 Å². The maximum absolute atomic E-state index is 12.7. The second-order valence-electron chi connectivity index (χ2n) is 6.37. The van der Waals surface area contributed by atoms with Gasteiger partial charge >= 0.3 is 0 Å². The van der Waals surface area contributed by atoms with Gasteiger partial charge in [0, 0.05) is 19.3 Å². The van der Waals surface area contributed by atoms with E-state index >= 15 is 0 Å². The van der Waals surface area contributed by atoms with E-state index in [2.05, 4.69) is 4.98 Å². The lowest BCUT2D eigenvalue weighted by Crippen LogP contribution is -2.58. The minimum atomic E-state index is -0.400. The van der Waals surface area contributed by atoms with E-state index in [1.807, 2.05) is 27.7 Å². The zero-order valence-corrected chi connectivity index (χ0v) is 13.0. The SMILES string of the molecule is CC1(C)CN(C(=O)c2cc(N)ncc2Cl)CC(C)(C)O1. The van der Waals surface area contributed by atoms with E-state index in [0.29, 0.717) is 23.7 Å². The van der Waals surface area contributed by atoms with Crippen molar-refractivity contribution in [3.8, 4) is 0 Å². The smallest absolute Gasteiger partial charge is 0.255 e. The van der Waals surface area contributed by atoms with Crippen LogP contribution < -0.4 is 5.73 Å². The fraction of sp³-hybridized carbons (Fsp3) is 0.571. The van der Waals surface area contributed by atoms with Crippen LogP contribution in [0.2, 0.25) is 5.02 Å². The summed E-state index contributed by atoms with van der Waals surface area (Å²) in [6, 6.07) is 1.51. The Labute approximate surface area is 124 Å². The molecular weight excluding hydrogens is 278 g/mol. The van der Waals surface area contributed by atoms with Crippen molar-refractivity contribution in [1.82, 2.24) is 9.88 Å². The van der Waals surface area contributed by atoms with E-state index < -0.39 is 11.2 Å². The lowest BCUT2D eigenvalue weighted by molar-refractivity contribution is -0.171. The topological polar surface area (TPSA) is 68.5 Å². The number of ether oxygens (including phenoxy) is 1. The minimum Gasteiger partial charge on any atom is -0.384 e. The molecule has 6 heteroatoms. The molecule has 0 bridgehead atoms. The first kappa shape index (κ1) is 15.1. The molecule has 1 aromatic heterocycles. The molecule has 0 unspecified atom stereocenters. The monoisotopic (exact) mass is 297 g/mol. The molecule has 110 valence electrons. The van der Waals surface area contributed by atoms with E-state index in [9.17, 15) is 4.79 Å². The third-order valence-electron chi connectivity index (χ3n) is 3.09. The summed E-state index contributed by atoms with van der Waals surface area (Å²) in [5.41, 5.74) is 5.22. The van der Waals surface area contributed by atoms with Gasteiger partial charge in [0.05, 0.1) is 21.8 Å². The van der Waals surface area contributed by atoms with Gasteiger partial charge < -0.3 is 15.4 Å². The molecule has 1 aliphatic heterocycles. The van der Waals surface area contributed by atoms with Crippen LogP contribution in [0.1, 0.15) is 38.1 Å². The Morgan fingerprint density at radius 1 is 1.35 bits per heavy atom. The molecule has 2 rings (SSSR count). The highest BCUT2D eigenvalue weighted by molar-refractivity contribution is 6.33. The lowest BCUT2D eigenvalue weighted by Gasteiger charge is -2.47. The number of carbonyl (C=O) groups excluding carboxylic acids is 1. The lowest BCUT2D eigenvalue weighted by atomic mass is 9.98. The van der Waals surface area contributed by atoms with Gasteiger partial charge in [-0.05, 0) is 33.8 Å².